The third kappa shape index (κ3) is 3.89. The summed E-state index contributed by atoms with van der Waals surface area (Å²) in [7, 11) is 1.58. The van der Waals surface area contributed by atoms with E-state index in [-0.39, 0.29) is 16.7 Å². The molecule has 1 N–H and O–H groups in total. The summed E-state index contributed by atoms with van der Waals surface area (Å²) in [5.74, 6) is -0.641. The van der Waals surface area contributed by atoms with Crippen molar-refractivity contribution in [2.75, 3.05) is 12.0 Å². The third-order valence-corrected chi connectivity index (χ3v) is 6.27. The molecule has 34 heavy (non-hydrogen) atoms. The van der Waals surface area contributed by atoms with Gasteiger partial charge in [0.1, 0.15) is 23.3 Å². The smallest absolute Gasteiger partial charge is 0.300 e. The van der Waals surface area contributed by atoms with Gasteiger partial charge in [0.2, 0.25) is 0 Å². The van der Waals surface area contributed by atoms with Crippen LogP contribution in [-0.4, -0.2) is 23.9 Å². The molecule has 0 aliphatic carbocycles. The van der Waals surface area contributed by atoms with Crippen molar-refractivity contribution in [3.63, 3.8) is 0 Å². The number of aryl methyl sites for hydroxylation is 2. The van der Waals surface area contributed by atoms with Crippen LogP contribution in [0.5, 0.6) is 5.75 Å². The van der Waals surface area contributed by atoms with Gasteiger partial charge in [0.05, 0.1) is 18.9 Å². The van der Waals surface area contributed by atoms with Crippen LogP contribution in [0, 0.1) is 13.8 Å². The average Bonchev–Trinajstić information content (AvgIpc) is 3.41. The number of hydrogen-bond acceptors (Lipinski definition) is 5. The van der Waals surface area contributed by atoms with E-state index >= 15 is 0 Å². The zero-order valence-electron chi connectivity index (χ0n) is 20.3. The number of methoxy groups -OCH3 is 1. The normalized spacial score (nSPS) is 17.9. The topological polar surface area (TPSA) is 80.0 Å². The Kier molecular flexibility index (Phi) is 5.86. The molecule has 0 spiro atoms. The Bertz CT molecular complexity index is 1280. The fraction of sp³-hybridized carbons (Fsp3) is 0.286. The second kappa shape index (κ2) is 8.52. The number of anilines is 1. The lowest BCUT2D eigenvalue weighted by atomic mass is 9.87. The number of Topliss-reactive ketones (excluding diaryl/α,β-unsaturated/α-hetero) is 1. The van der Waals surface area contributed by atoms with Gasteiger partial charge in [-0.25, -0.2) is 0 Å². The summed E-state index contributed by atoms with van der Waals surface area (Å²) in [5, 5.41) is 11.4. The first-order valence-corrected chi connectivity index (χ1v) is 11.1. The highest BCUT2D eigenvalue weighted by Gasteiger charge is 2.48. The van der Waals surface area contributed by atoms with Crippen LogP contribution in [0.25, 0.3) is 5.76 Å². The molecule has 1 atom stereocenters. The number of carbonyl (C=O) groups is 2. The summed E-state index contributed by atoms with van der Waals surface area (Å²) in [5.41, 5.74) is 3.58. The van der Waals surface area contributed by atoms with E-state index in [4.69, 9.17) is 9.15 Å². The lowest BCUT2D eigenvalue weighted by Crippen LogP contribution is -2.29. The van der Waals surface area contributed by atoms with Gasteiger partial charge in [-0.05, 0) is 72.4 Å². The zero-order valence-corrected chi connectivity index (χ0v) is 20.3. The number of furan rings is 1. The van der Waals surface area contributed by atoms with E-state index in [9.17, 15) is 14.7 Å². The fourth-order valence-electron chi connectivity index (χ4n) is 4.35. The van der Waals surface area contributed by atoms with E-state index in [1.54, 1.807) is 31.4 Å². The lowest BCUT2D eigenvalue weighted by molar-refractivity contribution is -0.132. The standard InChI is InChI=1S/C28H29NO5/c1-16-15-22(33-6)17(2)14-20(16)25(30)23-24(21-8-7-13-34-21)29(27(32)26(23)31)19-11-9-18(10-12-19)28(3,4)5/h7-15,24,30H,1-6H3/b25-23-. The van der Waals surface area contributed by atoms with Crippen molar-refractivity contribution in [2.24, 2.45) is 0 Å². The Morgan fingerprint density at radius 1 is 1.03 bits per heavy atom. The Labute approximate surface area is 199 Å². The first-order chi connectivity index (χ1) is 16.0. The quantitative estimate of drug-likeness (QED) is 0.302. The highest BCUT2D eigenvalue weighted by Crippen LogP contribution is 2.43. The van der Waals surface area contributed by atoms with Gasteiger partial charge >= 0.3 is 0 Å². The molecule has 0 radical (unpaired) electrons. The number of rotatable bonds is 4. The van der Waals surface area contributed by atoms with Crippen molar-refractivity contribution in [3.8, 4) is 5.75 Å². The molecule has 1 unspecified atom stereocenters. The Balaban J connectivity index is 1.90. The van der Waals surface area contributed by atoms with Crippen LogP contribution in [0.15, 0.2) is 64.8 Å². The maximum absolute atomic E-state index is 13.3. The van der Waals surface area contributed by atoms with Crippen LogP contribution < -0.4 is 9.64 Å². The molecule has 2 aromatic carbocycles. The molecule has 1 aromatic heterocycles. The second-order valence-electron chi connectivity index (χ2n) is 9.62. The SMILES string of the molecule is COc1cc(C)c(/C(O)=C2/C(=O)C(=O)N(c3ccc(C(C)(C)C)cc3)C2c2ccco2)cc1C. The van der Waals surface area contributed by atoms with Crippen molar-refractivity contribution in [1.82, 2.24) is 0 Å². The minimum Gasteiger partial charge on any atom is -0.507 e. The van der Waals surface area contributed by atoms with Crippen molar-refractivity contribution in [1.29, 1.82) is 0 Å². The fourth-order valence-corrected chi connectivity index (χ4v) is 4.35. The number of benzene rings is 2. The highest BCUT2D eigenvalue weighted by atomic mass is 16.5. The average molecular weight is 460 g/mol. The number of ketones is 1. The van der Waals surface area contributed by atoms with Crippen LogP contribution >= 0.6 is 0 Å². The predicted octanol–water partition coefficient (Wildman–Crippen LogP) is 5.83. The van der Waals surface area contributed by atoms with E-state index in [1.807, 2.05) is 38.1 Å². The minimum absolute atomic E-state index is 0.00693. The Morgan fingerprint density at radius 3 is 2.26 bits per heavy atom. The van der Waals surface area contributed by atoms with E-state index in [0.29, 0.717) is 22.8 Å². The minimum atomic E-state index is -0.891. The molecule has 1 amide bonds. The maximum atomic E-state index is 13.3. The summed E-state index contributed by atoms with van der Waals surface area (Å²) in [4.78, 5) is 27.9. The zero-order chi connectivity index (χ0) is 24.8. The van der Waals surface area contributed by atoms with Gasteiger partial charge in [-0.1, -0.05) is 32.9 Å². The number of ether oxygens (including phenoxy) is 1. The van der Waals surface area contributed by atoms with E-state index < -0.39 is 17.7 Å². The van der Waals surface area contributed by atoms with Crippen LogP contribution in [0.3, 0.4) is 0 Å². The molecule has 1 saturated heterocycles. The van der Waals surface area contributed by atoms with Gasteiger partial charge in [0.25, 0.3) is 11.7 Å². The number of amides is 1. The first-order valence-electron chi connectivity index (χ1n) is 11.1. The summed E-state index contributed by atoms with van der Waals surface area (Å²) in [6.45, 7) is 10.00. The molecule has 1 aliphatic rings. The second-order valence-corrected chi connectivity index (χ2v) is 9.62. The molecule has 176 valence electrons. The summed E-state index contributed by atoms with van der Waals surface area (Å²) >= 11 is 0. The highest BCUT2D eigenvalue weighted by molar-refractivity contribution is 6.51. The van der Waals surface area contributed by atoms with Gasteiger partial charge in [0, 0.05) is 11.3 Å². The molecule has 4 rings (SSSR count). The van der Waals surface area contributed by atoms with E-state index in [1.165, 1.54) is 11.2 Å². The molecular formula is C28H29NO5. The largest absolute Gasteiger partial charge is 0.507 e. The molecule has 1 aliphatic heterocycles. The molecule has 1 fully saturated rings. The van der Waals surface area contributed by atoms with Gasteiger partial charge in [-0.2, -0.15) is 0 Å². The van der Waals surface area contributed by atoms with Crippen molar-refractivity contribution in [2.45, 2.75) is 46.1 Å². The van der Waals surface area contributed by atoms with Crippen molar-refractivity contribution < 1.29 is 23.8 Å². The van der Waals surface area contributed by atoms with Gasteiger partial charge in [-0.15, -0.1) is 0 Å². The predicted molar refractivity (Wildman–Crippen MR) is 131 cm³/mol. The molecule has 0 bridgehead atoms. The monoisotopic (exact) mass is 459 g/mol. The van der Waals surface area contributed by atoms with Crippen molar-refractivity contribution in [3.05, 3.63) is 88.4 Å². The molecular weight excluding hydrogens is 430 g/mol. The van der Waals surface area contributed by atoms with E-state index in [0.717, 1.165) is 16.7 Å². The first kappa shape index (κ1) is 23.4. The van der Waals surface area contributed by atoms with Crippen LogP contribution in [0.4, 0.5) is 5.69 Å². The molecule has 2 heterocycles. The summed E-state index contributed by atoms with van der Waals surface area (Å²) < 4.78 is 11.0. The van der Waals surface area contributed by atoms with Crippen molar-refractivity contribution >= 4 is 23.1 Å². The molecule has 0 saturated carbocycles. The van der Waals surface area contributed by atoms with Crippen LogP contribution in [-0.2, 0) is 15.0 Å². The van der Waals surface area contributed by atoms with Crippen LogP contribution in [0.2, 0.25) is 0 Å². The number of hydrogen-bond donors (Lipinski definition) is 1. The lowest BCUT2D eigenvalue weighted by Gasteiger charge is -2.25. The summed E-state index contributed by atoms with van der Waals surface area (Å²) in [6.07, 6.45) is 1.49. The number of aliphatic hydroxyl groups excluding tert-OH is 1. The maximum Gasteiger partial charge on any atom is 0.300 e. The number of carbonyl (C=O) groups excluding carboxylic acids is 2. The van der Waals surface area contributed by atoms with Gasteiger partial charge in [0.15, 0.2) is 0 Å². The van der Waals surface area contributed by atoms with E-state index in [2.05, 4.69) is 20.8 Å². The molecule has 6 heteroatoms. The van der Waals surface area contributed by atoms with Gasteiger partial charge < -0.3 is 14.3 Å². The number of aliphatic hydroxyl groups is 1. The Hall–Kier alpha value is -3.80. The van der Waals surface area contributed by atoms with Crippen LogP contribution in [0.1, 0.15) is 54.8 Å². The Morgan fingerprint density at radius 2 is 1.71 bits per heavy atom. The molecule has 3 aromatic rings. The number of nitrogens with zero attached hydrogens (tertiary/aromatic N) is 1. The third-order valence-electron chi connectivity index (χ3n) is 6.27. The molecule has 6 nitrogen and oxygen atoms in total. The summed E-state index contributed by atoms with van der Waals surface area (Å²) in [6, 6.07) is 13.6. The van der Waals surface area contributed by atoms with Gasteiger partial charge in [-0.3, -0.25) is 14.5 Å².